The monoisotopic (exact) mass is 359 g/mol. The van der Waals surface area contributed by atoms with Crippen molar-refractivity contribution in [3.05, 3.63) is 34.8 Å². The molecule has 0 amide bonds. The van der Waals surface area contributed by atoms with E-state index in [4.69, 9.17) is 16.2 Å². The van der Waals surface area contributed by atoms with Crippen molar-refractivity contribution in [2.75, 3.05) is 6.61 Å². The number of ether oxygens (including phenoxy) is 1. The Morgan fingerprint density at radius 3 is 2.48 bits per heavy atom. The highest BCUT2D eigenvalue weighted by Gasteiger charge is 2.12. The molecule has 25 heavy (non-hydrogen) atoms. The van der Waals surface area contributed by atoms with Crippen LogP contribution in [0.4, 0.5) is 0 Å². The fraction of sp³-hybridized carbons (Fsp3) is 0.389. The topological polar surface area (TPSA) is 98.9 Å². The zero-order chi connectivity index (χ0) is 18.4. The SMILES string of the molecule is C/C(=N\N=C(N)N)c1sc(-c2ccc(OCCC(C)C)cc2)nc1C. The molecule has 0 bridgehead atoms. The molecular formula is C18H25N5OS. The average Bonchev–Trinajstić information content (AvgIpc) is 2.95. The highest BCUT2D eigenvalue weighted by molar-refractivity contribution is 7.17. The molecule has 2 aromatic rings. The van der Waals surface area contributed by atoms with E-state index in [9.17, 15) is 0 Å². The van der Waals surface area contributed by atoms with Crippen LogP contribution in [0.5, 0.6) is 5.75 Å². The lowest BCUT2D eigenvalue weighted by Crippen LogP contribution is -2.22. The van der Waals surface area contributed by atoms with Gasteiger partial charge in [0.25, 0.3) is 0 Å². The Hall–Kier alpha value is -2.41. The number of thiazole rings is 1. The first-order chi connectivity index (χ1) is 11.9. The molecule has 6 nitrogen and oxygen atoms in total. The maximum absolute atomic E-state index is 5.75. The predicted molar refractivity (Wildman–Crippen MR) is 105 cm³/mol. The van der Waals surface area contributed by atoms with E-state index in [-0.39, 0.29) is 5.96 Å². The summed E-state index contributed by atoms with van der Waals surface area (Å²) in [5.74, 6) is 1.46. The molecule has 1 aromatic heterocycles. The lowest BCUT2D eigenvalue weighted by molar-refractivity contribution is 0.289. The van der Waals surface area contributed by atoms with Gasteiger partial charge in [-0.1, -0.05) is 13.8 Å². The Bertz CT molecular complexity index is 758. The zero-order valence-corrected chi connectivity index (χ0v) is 15.9. The van der Waals surface area contributed by atoms with Crippen LogP contribution in [-0.2, 0) is 0 Å². The lowest BCUT2D eigenvalue weighted by atomic mass is 10.1. The van der Waals surface area contributed by atoms with Crippen molar-refractivity contribution in [1.82, 2.24) is 4.98 Å². The molecule has 0 aliphatic rings. The number of nitrogens with two attached hydrogens (primary N) is 2. The minimum atomic E-state index is -0.0604. The fourth-order valence-corrected chi connectivity index (χ4v) is 3.15. The maximum atomic E-state index is 5.75. The van der Waals surface area contributed by atoms with Crippen LogP contribution in [0, 0.1) is 12.8 Å². The van der Waals surface area contributed by atoms with Gasteiger partial charge in [-0.15, -0.1) is 16.4 Å². The number of aromatic nitrogens is 1. The maximum Gasteiger partial charge on any atom is 0.211 e. The van der Waals surface area contributed by atoms with E-state index < -0.39 is 0 Å². The predicted octanol–water partition coefficient (Wildman–Crippen LogP) is 3.54. The van der Waals surface area contributed by atoms with Crippen molar-refractivity contribution < 1.29 is 4.74 Å². The molecule has 7 heteroatoms. The Labute approximate surface area is 152 Å². The first kappa shape index (κ1) is 18.9. The molecule has 134 valence electrons. The standard InChI is InChI=1S/C18H25N5OS/c1-11(2)9-10-24-15-7-5-14(6-8-15)17-21-12(3)16(25-17)13(4)22-23-18(19)20/h5-8,11H,9-10H2,1-4H3,(H4,19,20,23)/b22-13+. The van der Waals surface area contributed by atoms with Gasteiger partial charge in [0.2, 0.25) is 5.96 Å². The van der Waals surface area contributed by atoms with Crippen molar-refractivity contribution in [3.8, 4) is 16.3 Å². The molecule has 1 aromatic carbocycles. The molecule has 4 N–H and O–H groups in total. The van der Waals surface area contributed by atoms with Gasteiger partial charge in [-0.2, -0.15) is 5.10 Å². The quantitative estimate of drug-likeness (QED) is 0.449. The van der Waals surface area contributed by atoms with Crippen LogP contribution < -0.4 is 16.2 Å². The van der Waals surface area contributed by atoms with E-state index >= 15 is 0 Å². The van der Waals surface area contributed by atoms with Crippen molar-refractivity contribution >= 4 is 23.0 Å². The van der Waals surface area contributed by atoms with Crippen LogP contribution in [0.15, 0.2) is 34.5 Å². The van der Waals surface area contributed by atoms with Crippen LogP contribution in [0.3, 0.4) is 0 Å². The van der Waals surface area contributed by atoms with E-state index in [1.165, 1.54) is 0 Å². The van der Waals surface area contributed by atoms with E-state index in [1.54, 1.807) is 11.3 Å². The van der Waals surface area contributed by atoms with Gasteiger partial charge in [0, 0.05) is 5.56 Å². The van der Waals surface area contributed by atoms with Gasteiger partial charge in [-0.25, -0.2) is 4.98 Å². The molecule has 0 aliphatic heterocycles. The number of aryl methyl sites for hydroxylation is 1. The lowest BCUT2D eigenvalue weighted by Gasteiger charge is -2.08. The Morgan fingerprint density at radius 2 is 1.88 bits per heavy atom. The highest BCUT2D eigenvalue weighted by atomic mass is 32.1. The second-order valence-corrected chi connectivity index (χ2v) is 7.20. The second-order valence-electron chi connectivity index (χ2n) is 6.20. The molecule has 1 heterocycles. The Kier molecular flexibility index (Phi) is 6.52. The number of rotatable bonds is 7. The minimum Gasteiger partial charge on any atom is -0.494 e. The van der Waals surface area contributed by atoms with Gasteiger partial charge >= 0.3 is 0 Å². The number of guanidine groups is 1. The summed E-state index contributed by atoms with van der Waals surface area (Å²) in [7, 11) is 0. The normalized spacial score (nSPS) is 11.6. The van der Waals surface area contributed by atoms with Crippen molar-refractivity contribution in [2.24, 2.45) is 27.6 Å². The van der Waals surface area contributed by atoms with Gasteiger partial charge in [-0.05, 0) is 50.5 Å². The average molecular weight is 359 g/mol. The summed E-state index contributed by atoms with van der Waals surface area (Å²) >= 11 is 1.57. The third-order valence-electron chi connectivity index (χ3n) is 3.51. The van der Waals surface area contributed by atoms with E-state index in [1.807, 2.05) is 38.1 Å². The molecule has 0 radical (unpaired) electrons. The van der Waals surface area contributed by atoms with Gasteiger partial charge in [0.15, 0.2) is 0 Å². The summed E-state index contributed by atoms with van der Waals surface area (Å²) in [4.78, 5) is 5.60. The summed E-state index contributed by atoms with van der Waals surface area (Å²) in [6, 6.07) is 8.00. The van der Waals surface area contributed by atoms with E-state index in [0.29, 0.717) is 5.92 Å². The Morgan fingerprint density at radius 1 is 1.20 bits per heavy atom. The summed E-state index contributed by atoms with van der Waals surface area (Å²) in [5.41, 5.74) is 13.3. The summed E-state index contributed by atoms with van der Waals surface area (Å²) < 4.78 is 5.75. The second kappa shape index (κ2) is 8.62. The third-order valence-corrected chi connectivity index (χ3v) is 4.82. The minimum absolute atomic E-state index is 0.0604. The third kappa shape index (κ3) is 5.56. The smallest absolute Gasteiger partial charge is 0.211 e. The first-order valence-corrected chi connectivity index (χ1v) is 9.02. The van der Waals surface area contributed by atoms with Crippen molar-refractivity contribution in [2.45, 2.75) is 34.1 Å². The van der Waals surface area contributed by atoms with Gasteiger partial charge < -0.3 is 16.2 Å². The van der Waals surface area contributed by atoms with Crippen LogP contribution in [0.1, 0.15) is 37.8 Å². The molecule has 0 fully saturated rings. The van der Waals surface area contributed by atoms with E-state index in [0.717, 1.165) is 45.6 Å². The molecule has 0 spiro atoms. The molecular weight excluding hydrogens is 334 g/mol. The number of hydrogen-bond donors (Lipinski definition) is 2. The summed E-state index contributed by atoms with van der Waals surface area (Å²) in [6.45, 7) is 8.92. The molecule has 0 unspecified atom stereocenters. The summed E-state index contributed by atoms with van der Waals surface area (Å²) in [6.07, 6.45) is 1.05. The van der Waals surface area contributed by atoms with Gasteiger partial charge in [-0.3, -0.25) is 0 Å². The number of hydrogen-bond acceptors (Lipinski definition) is 5. The first-order valence-electron chi connectivity index (χ1n) is 8.21. The van der Waals surface area contributed by atoms with E-state index in [2.05, 4.69) is 29.0 Å². The highest BCUT2D eigenvalue weighted by Crippen LogP contribution is 2.29. The van der Waals surface area contributed by atoms with Crippen molar-refractivity contribution in [3.63, 3.8) is 0 Å². The van der Waals surface area contributed by atoms with Crippen LogP contribution >= 0.6 is 11.3 Å². The Balaban J connectivity index is 2.13. The molecule has 0 aliphatic carbocycles. The van der Waals surface area contributed by atoms with Gasteiger partial charge in [0.05, 0.1) is 22.9 Å². The summed E-state index contributed by atoms with van der Waals surface area (Å²) in [5, 5.41) is 8.66. The zero-order valence-electron chi connectivity index (χ0n) is 15.1. The molecule has 0 saturated heterocycles. The fourth-order valence-electron chi connectivity index (χ4n) is 2.14. The molecule has 0 atom stereocenters. The van der Waals surface area contributed by atoms with Crippen LogP contribution in [-0.4, -0.2) is 23.3 Å². The number of benzene rings is 1. The van der Waals surface area contributed by atoms with Crippen LogP contribution in [0.2, 0.25) is 0 Å². The molecule has 0 saturated carbocycles. The molecule has 2 rings (SSSR count). The largest absolute Gasteiger partial charge is 0.494 e. The van der Waals surface area contributed by atoms with Crippen molar-refractivity contribution in [1.29, 1.82) is 0 Å². The van der Waals surface area contributed by atoms with Gasteiger partial charge in [0.1, 0.15) is 10.8 Å². The van der Waals surface area contributed by atoms with Crippen LogP contribution in [0.25, 0.3) is 10.6 Å². The number of nitrogens with zero attached hydrogens (tertiary/aromatic N) is 3.